The average Bonchev–Trinajstić information content (AvgIpc) is 2.81. The summed E-state index contributed by atoms with van der Waals surface area (Å²) >= 11 is 21.9. The summed E-state index contributed by atoms with van der Waals surface area (Å²) in [7, 11) is 0. The van der Waals surface area contributed by atoms with Crippen LogP contribution in [-0.2, 0) is 17.8 Å². The Hall–Kier alpha value is -2.75. The van der Waals surface area contributed by atoms with Gasteiger partial charge in [0.1, 0.15) is 24.0 Å². The molecule has 3 aromatic carbocycles. The van der Waals surface area contributed by atoms with Crippen LogP contribution in [0.4, 0.5) is 5.69 Å². The molecule has 0 fully saturated rings. The standard InChI is InChI=1S/C27H20BrCl3N2O2/c1-3-5-18-10-17(11-20(14-32)27(34)33-25-7-4-6-23(30)16(25)2)12-22(28)26(18)35-15-19-8-9-21(29)13-24(19)31/h3-4,6-13H,1,5,15H2,2H3,(H,33,34)/b20-11-. The Labute approximate surface area is 227 Å². The highest BCUT2D eigenvalue weighted by Crippen LogP contribution is 2.34. The molecule has 3 aromatic rings. The number of anilines is 1. The number of ether oxygens (including phenoxy) is 1. The summed E-state index contributed by atoms with van der Waals surface area (Å²) in [5.41, 5.74) is 3.48. The van der Waals surface area contributed by atoms with E-state index in [0.717, 1.165) is 16.7 Å². The van der Waals surface area contributed by atoms with Crippen LogP contribution in [0.2, 0.25) is 15.1 Å². The fourth-order valence-electron chi connectivity index (χ4n) is 3.26. The monoisotopic (exact) mass is 588 g/mol. The minimum atomic E-state index is -0.531. The molecule has 0 aliphatic carbocycles. The third-order valence-electron chi connectivity index (χ3n) is 5.09. The molecule has 0 bridgehead atoms. The lowest BCUT2D eigenvalue weighted by Gasteiger charge is -2.15. The van der Waals surface area contributed by atoms with Gasteiger partial charge in [-0.3, -0.25) is 4.79 Å². The Balaban J connectivity index is 1.88. The van der Waals surface area contributed by atoms with Crippen LogP contribution in [0.15, 0.2) is 71.2 Å². The molecule has 0 aliphatic rings. The predicted octanol–water partition coefficient (Wildman–Crippen LogP) is 8.57. The van der Waals surface area contributed by atoms with Crippen LogP contribution in [-0.4, -0.2) is 5.91 Å². The maximum atomic E-state index is 12.8. The molecule has 35 heavy (non-hydrogen) atoms. The molecule has 0 unspecified atom stereocenters. The highest BCUT2D eigenvalue weighted by atomic mass is 79.9. The number of halogens is 4. The molecule has 0 saturated heterocycles. The van der Waals surface area contributed by atoms with Crippen LogP contribution in [0.3, 0.4) is 0 Å². The van der Waals surface area contributed by atoms with Gasteiger partial charge in [-0.25, -0.2) is 0 Å². The summed E-state index contributed by atoms with van der Waals surface area (Å²) in [5.74, 6) is 0.0857. The Morgan fingerprint density at radius 1 is 1.14 bits per heavy atom. The van der Waals surface area contributed by atoms with E-state index in [4.69, 9.17) is 39.5 Å². The highest BCUT2D eigenvalue weighted by molar-refractivity contribution is 9.10. The number of nitriles is 1. The molecule has 0 spiro atoms. The van der Waals surface area contributed by atoms with Crippen molar-refractivity contribution in [3.8, 4) is 11.8 Å². The third kappa shape index (κ3) is 6.90. The van der Waals surface area contributed by atoms with Crippen molar-refractivity contribution in [2.75, 3.05) is 5.32 Å². The Bertz CT molecular complexity index is 1360. The summed E-state index contributed by atoms with van der Waals surface area (Å²) in [5, 5.41) is 14.0. The SMILES string of the molecule is C=CCc1cc(/C=C(/C#N)C(=O)Nc2cccc(Cl)c2C)cc(Br)c1OCc1ccc(Cl)cc1Cl. The van der Waals surface area contributed by atoms with E-state index in [1.165, 1.54) is 6.08 Å². The molecule has 3 rings (SSSR count). The first-order valence-electron chi connectivity index (χ1n) is 10.4. The van der Waals surface area contributed by atoms with E-state index in [0.29, 0.717) is 43.0 Å². The lowest BCUT2D eigenvalue weighted by Crippen LogP contribution is -2.14. The number of hydrogen-bond acceptors (Lipinski definition) is 3. The number of rotatable bonds is 8. The Morgan fingerprint density at radius 3 is 2.60 bits per heavy atom. The predicted molar refractivity (Wildman–Crippen MR) is 147 cm³/mol. The lowest BCUT2D eigenvalue weighted by molar-refractivity contribution is -0.112. The van der Waals surface area contributed by atoms with Crippen LogP contribution in [0.1, 0.15) is 22.3 Å². The van der Waals surface area contributed by atoms with Crippen LogP contribution in [0.5, 0.6) is 5.75 Å². The van der Waals surface area contributed by atoms with Crippen molar-refractivity contribution in [3.05, 3.63) is 109 Å². The molecule has 0 radical (unpaired) electrons. The van der Waals surface area contributed by atoms with E-state index in [2.05, 4.69) is 27.8 Å². The number of nitrogens with zero attached hydrogens (tertiary/aromatic N) is 1. The molecule has 0 aromatic heterocycles. The third-order valence-corrected chi connectivity index (χ3v) is 6.67. The van der Waals surface area contributed by atoms with E-state index < -0.39 is 5.91 Å². The van der Waals surface area contributed by atoms with Crippen LogP contribution < -0.4 is 10.1 Å². The van der Waals surface area contributed by atoms with Crippen molar-refractivity contribution >= 4 is 68.4 Å². The van der Waals surface area contributed by atoms with Gasteiger partial charge in [0.25, 0.3) is 5.91 Å². The van der Waals surface area contributed by atoms with Crippen molar-refractivity contribution in [1.82, 2.24) is 0 Å². The number of carbonyl (C=O) groups is 1. The van der Waals surface area contributed by atoms with Crippen LogP contribution >= 0.6 is 50.7 Å². The molecular weight excluding hydrogens is 571 g/mol. The molecule has 0 atom stereocenters. The van der Waals surface area contributed by atoms with Gasteiger partial charge in [-0.15, -0.1) is 6.58 Å². The number of carbonyl (C=O) groups excluding carboxylic acids is 1. The van der Waals surface area contributed by atoms with Gasteiger partial charge >= 0.3 is 0 Å². The molecule has 1 N–H and O–H groups in total. The van der Waals surface area contributed by atoms with Gasteiger partial charge in [0, 0.05) is 26.3 Å². The molecule has 1 amide bonds. The van der Waals surface area contributed by atoms with Crippen LogP contribution in [0.25, 0.3) is 6.08 Å². The summed E-state index contributed by atoms with van der Waals surface area (Å²) in [4.78, 5) is 12.8. The zero-order valence-corrected chi connectivity index (χ0v) is 22.5. The molecular formula is C27H20BrCl3N2O2. The number of nitrogens with one attached hydrogen (secondary N) is 1. The summed E-state index contributed by atoms with van der Waals surface area (Å²) < 4.78 is 6.73. The van der Waals surface area contributed by atoms with Gasteiger partial charge in [-0.05, 0) is 88.4 Å². The van der Waals surface area contributed by atoms with Crippen molar-refractivity contribution in [2.45, 2.75) is 20.0 Å². The largest absolute Gasteiger partial charge is 0.487 e. The minimum absolute atomic E-state index is 0.0533. The Morgan fingerprint density at radius 2 is 1.91 bits per heavy atom. The number of hydrogen-bond donors (Lipinski definition) is 1. The van der Waals surface area contributed by atoms with E-state index in [9.17, 15) is 10.1 Å². The maximum absolute atomic E-state index is 12.8. The molecule has 0 aliphatic heterocycles. The number of benzene rings is 3. The highest BCUT2D eigenvalue weighted by Gasteiger charge is 2.15. The zero-order chi connectivity index (χ0) is 25.5. The first-order valence-corrected chi connectivity index (χ1v) is 12.3. The van der Waals surface area contributed by atoms with E-state index in [1.807, 2.05) is 18.2 Å². The normalized spacial score (nSPS) is 11.0. The second kappa shape index (κ2) is 12.3. The molecule has 4 nitrogen and oxygen atoms in total. The van der Waals surface area contributed by atoms with Crippen molar-refractivity contribution in [2.24, 2.45) is 0 Å². The van der Waals surface area contributed by atoms with Gasteiger partial charge in [-0.2, -0.15) is 5.26 Å². The summed E-state index contributed by atoms with van der Waals surface area (Å²) in [6, 6.07) is 16.0. The maximum Gasteiger partial charge on any atom is 0.266 e. The van der Waals surface area contributed by atoms with Crippen molar-refractivity contribution in [1.29, 1.82) is 5.26 Å². The number of amides is 1. The second-order valence-electron chi connectivity index (χ2n) is 7.54. The second-order valence-corrected chi connectivity index (χ2v) is 9.65. The van der Waals surface area contributed by atoms with Gasteiger partial charge in [0.05, 0.1) is 4.47 Å². The van der Waals surface area contributed by atoms with E-state index in [1.54, 1.807) is 49.4 Å². The smallest absolute Gasteiger partial charge is 0.266 e. The van der Waals surface area contributed by atoms with Crippen LogP contribution in [0, 0.1) is 18.3 Å². The number of allylic oxidation sites excluding steroid dienone is 1. The molecule has 8 heteroatoms. The van der Waals surface area contributed by atoms with Gasteiger partial charge in [-0.1, -0.05) is 53.0 Å². The molecule has 0 heterocycles. The average molecular weight is 591 g/mol. The first-order chi connectivity index (χ1) is 16.7. The summed E-state index contributed by atoms with van der Waals surface area (Å²) in [6.07, 6.45) is 3.78. The van der Waals surface area contributed by atoms with E-state index >= 15 is 0 Å². The van der Waals surface area contributed by atoms with Gasteiger partial charge in [0.15, 0.2) is 0 Å². The first kappa shape index (κ1) is 26.8. The quantitative estimate of drug-likeness (QED) is 0.162. The Kier molecular flexibility index (Phi) is 9.42. The minimum Gasteiger partial charge on any atom is -0.487 e. The fourth-order valence-corrected chi connectivity index (χ4v) is 4.53. The zero-order valence-electron chi connectivity index (χ0n) is 18.7. The van der Waals surface area contributed by atoms with Gasteiger partial charge < -0.3 is 10.1 Å². The summed E-state index contributed by atoms with van der Waals surface area (Å²) in [6.45, 7) is 5.85. The lowest BCUT2D eigenvalue weighted by atomic mass is 10.0. The van der Waals surface area contributed by atoms with E-state index in [-0.39, 0.29) is 12.2 Å². The van der Waals surface area contributed by atoms with Gasteiger partial charge in [0.2, 0.25) is 0 Å². The molecule has 178 valence electrons. The molecule has 0 saturated carbocycles. The topological polar surface area (TPSA) is 62.1 Å². The fraction of sp³-hybridized carbons (Fsp3) is 0.111. The van der Waals surface area contributed by atoms with Crippen molar-refractivity contribution in [3.63, 3.8) is 0 Å². The van der Waals surface area contributed by atoms with Crippen molar-refractivity contribution < 1.29 is 9.53 Å².